The smallest absolute Gasteiger partial charge is 0.242 e. The predicted molar refractivity (Wildman–Crippen MR) is 76.8 cm³/mol. The van der Waals surface area contributed by atoms with Crippen molar-refractivity contribution in [3.8, 4) is 0 Å². The molecule has 0 bridgehead atoms. The highest BCUT2D eigenvalue weighted by Gasteiger charge is 2.16. The first-order chi connectivity index (χ1) is 8.83. The number of hydrogen-bond acceptors (Lipinski definition) is 4. The van der Waals surface area contributed by atoms with E-state index in [1.807, 2.05) is 0 Å². The van der Waals surface area contributed by atoms with Crippen LogP contribution in [0.15, 0.2) is 27.6 Å². The lowest BCUT2D eigenvalue weighted by molar-refractivity contribution is -0.118. The molecule has 0 aliphatic heterocycles. The summed E-state index contributed by atoms with van der Waals surface area (Å²) in [5.74, 6) is -0.389. The highest BCUT2D eigenvalue weighted by molar-refractivity contribution is 9.10. The first-order valence-electron chi connectivity index (χ1n) is 5.66. The molecular weight excluding hydrogens is 334 g/mol. The third-order valence-corrected chi connectivity index (χ3v) is 4.43. The molecule has 0 saturated carbocycles. The van der Waals surface area contributed by atoms with Crippen LogP contribution in [-0.2, 0) is 14.8 Å². The van der Waals surface area contributed by atoms with Gasteiger partial charge in [0.15, 0.2) is 0 Å². The minimum atomic E-state index is -3.62. The Morgan fingerprint density at radius 2 is 2.00 bits per heavy atom. The second-order valence-corrected chi connectivity index (χ2v) is 6.65. The molecular formula is C11H16BrN3O3S. The summed E-state index contributed by atoms with van der Waals surface area (Å²) in [6.07, 6.45) is 1.34. The van der Waals surface area contributed by atoms with E-state index in [2.05, 4.69) is 20.7 Å². The van der Waals surface area contributed by atoms with Gasteiger partial charge in [0.2, 0.25) is 15.9 Å². The maximum atomic E-state index is 12.0. The van der Waals surface area contributed by atoms with Crippen molar-refractivity contribution in [3.63, 3.8) is 0 Å². The van der Waals surface area contributed by atoms with Gasteiger partial charge in [-0.05, 0) is 31.0 Å². The summed E-state index contributed by atoms with van der Waals surface area (Å²) in [4.78, 5) is 10.6. The summed E-state index contributed by atoms with van der Waals surface area (Å²) in [7, 11) is -3.62. The Hall–Kier alpha value is -1.12. The van der Waals surface area contributed by atoms with Gasteiger partial charge in [-0.25, -0.2) is 13.1 Å². The van der Waals surface area contributed by atoms with Gasteiger partial charge in [-0.15, -0.1) is 0 Å². The molecule has 1 aromatic carbocycles. The molecule has 5 N–H and O–H groups in total. The van der Waals surface area contributed by atoms with E-state index in [0.717, 1.165) is 0 Å². The number of hydrogen-bond donors (Lipinski definition) is 3. The van der Waals surface area contributed by atoms with Gasteiger partial charge in [0.1, 0.15) is 4.90 Å². The lowest BCUT2D eigenvalue weighted by Crippen LogP contribution is -2.25. The summed E-state index contributed by atoms with van der Waals surface area (Å²) < 4.78 is 27.1. The zero-order valence-electron chi connectivity index (χ0n) is 10.2. The van der Waals surface area contributed by atoms with E-state index in [4.69, 9.17) is 11.5 Å². The number of unbranched alkanes of at least 4 members (excludes halogenated alkanes) is 1. The molecule has 1 rings (SSSR count). The molecule has 0 atom stereocenters. The third kappa shape index (κ3) is 5.17. The summed E-state index contributed by atoms with van der Waals surface area (Å²) in [5.41, 5.74) is 10.8. The normalized spacial score (nSPS) is 11.4. The topological polar surface area (TPSA) is 115 Å². The number of carbonyl (C=O) groups excluding carboxylic acids is 1. The molecule has 0 aliphatic carbocycles. The molecule has 0 saturated heterocycles. The number of nitrogen functional groups attached to an aromatic ring is 1. The number of anilines is 1. The van der Waals surface area contributed by atoms with Crippen LogP contribution in [0.25, 0.3) is 0 Å². The maximum absolute atomic E-state index is 12.0. The van der Waals surface area contributed by atoms with Crippen LogP contribution in [-0.4, -0.2) is 20.9 Å². The number of carbonyl (C=O) groups is 1. The summed E-state index contributed by atoms with van der Waals surface area (Å²) in [6, 6.07) is 4.57. The van der Waals surface area contributed by atoms with Gasteiger partial charge in [-0.3, -0.25) is 4.79 Å². The average Bonchev–Trinajstić information content (AvgIpc) is 2.27. The molecule has 106 valence electrons. The van der Waals surface area contributed by atoms with Gasteiger partial charge in [-0.1, -0.05) is 15.9 Å². The quantitative estimate of drug-likeness (QED) is 0.502. The van der Waals surface area contributed by atoms with Gasteiger partial charge >= 0.3 is 0 Å². The monoisotopic (exact) mass is 349 g/mol. The van der Waals surface area contributed by atoms with E-state index in [-0.39, 0.29) is 29.5 Å². The molecule has 0 aliphatic rings. The Morgan fingerprint density at radius 1 is 1.32 bits per heavy atom. The molecule has 1 aromatic rings. The summed E-state index contributed by atoms with van der Waals surface area (Å²) in [6.45, 7) is 0.241. The van der Waals surface area contributed by atoms with Gasteiger partial charge < -0.3 is 11.5 Å². The molecule has 0 unspecified atom stereocenters. The molecule has 0 spiro atoms. The predicted octanol–water partition coefficient (Wildman–Crippen LogP) is 0.965. The Bertz CT molecular complexity index is 560. The fraction of sp³-hybridized carbons (Fsp3) is 0.364. The van der Waals surface area contributed by atoms with E-state index in [0.29, 0.717) is 17.3 Å². The highest BCUT2D eigenvalue weighted by atomic mass is 79.9. The van der Waals surface area contributed by atoms with Crippen LogP contribution < -0.4 is 16.2 Å². The molecule has 19 heavy (non-hydrogen) atoms. The van der Waals surface area contributed by atoms with Crippen LogP contribution >= 0.6 is 15.9 Å². The van der Waals surface area contributed by atoms with Gasteiger partial charge in [0.05, 0.1) is 5.69 Å². The minimum Gasteiger partial charge on any atom is -0.398 e. The van der Waals surface area contributed by atoms with Crippen molar-refractivity contribution in [2.24, 2.45) is 5.73 Å². The highest BCUT2D eigenvalue weighted by Crippen LogP contribution is 2.22. The molecule has 1 amide bonds. The van der Waals surface area contributed by atoms with Crippen LogP contribution in [0.3, 0.4) is 0 Å². The second kappa shape index (κ2) is 6.88. The zero-order valence-corrected chi connectivity index (χ0v) is 12.6. The molecule has 8 heteroatoms. The van der Waals surface area contributed by atoms with Crippen molar-refractivity contribution in [2.75, 3.05) is 12.3 Å². The molecule has 0 radical (unpaired) electrons. The van der Waals surface area contributed by atoms with Crippen molar-refractivity contribution in [1.29, 1.82) is 0 Å². The minimum absolute atomic E-state index is 0.0469. The Kier molecular flexibility index (Phi) is 5.77. The molecule has 6 nitrogen and oxygen atoms in total. The van der Waals surface area contributed by atoms with E-state index in [9.17, 15) is 13.2 Å². The van der Waals surface area contributed by atoms with Crippen molar-refractivity contribution in [2.45, 2.75) is 24.2 Å². The lowest BCUT2D eigenvalue weighted by Gasteiger charge is -2.09. The molecule has 0 heterocycles. The summed E-state index contributed by atoms with van der Waals surface area (Å²) >= 11 is 3.21. The van der Waals surface area contributed by atoms with E-state index in [1.165, 1.54) is 12.1 Å². The summed E-state index contributed by atoms with van der Waals surface area (Å²) in [5, 5.41) is 0. The zero-order chi connectivity index (χ0) is 14.5. The number of nitrogens with two attached hydrogens (primary N) is 2. The fourth-order valence-corrected chi connectivity index (χ4v) is 3.04. The van der Waals surface area contributed by atoms with Crippen LogP contribution in [0.2, 0.25) is 0 Å². The SMILES string of the molecule is NC(=O)CCCCNS(=O)(=O)c1ccc(Br)cc1N. The van der Waals surface area contributed by atoms with Crippen molar-refractivity contribution < 1.29 is 13.2 Å². The van der Waals surface area contributed by atoms with Crippen molar-refractivity contribution in [3.05, 3.63) is 22.7 Å². The third-order valence-electron chi connectivity index (χ3n) is 2.40. The lowest BCUT2D eigenvalue weighted by atomic mass is 10.2. The van der Waals surface area contributed by atoms with Crippen LogP contribution in [0.1, 0.15) is 19.3 Å². The van der Waals surface area contributed by atoms with Crippen molar-refractivity contribution in [1.82, 2.24) is 4.72 Å². The average molecular weight is 350 g/mol. The Labute approximate surface area is 120 Å². The standard InChI is InChI=1S/C11H16BrN3O3S/c12-8-4-5-10(9(13)7-8)19(17,18)15-6-2-1-3-11(14)16/h4-5,7,15H,1-3,6,13H2,(H2,14,16). The van der Waals surface area contributed by atoms with Gasteiger partial charge in [0.25, 0.3) is 0 Å². The van der Waals surface area contributed by atoms with Crippen LogP contribution in [0.4, 0.5) is 5.69 Å². The van der Waals surface area contributed by atoms with Gasteiger partial charge in [-0.2, -0.15) is 0 Å². The Morgan fingerprint density at radius 3 is 2.58 bits per heavy atom. The first kappa shape index (κ1) is 15.9. The molecule has 0 fully saturated rings. The van der Waals surface area contributed by atoms with Crippen LogP contribution in [0.5, 0.6) is 0 Å². The Balaban J connectivity index is 2.59. The number of amides is 1. The van der Waals surface area contributed by atoms with E-state index < -0.39 is 10.0 Å². The van der Waals surface area contributed by atoms with Gasteiger partial charge in [0, 0.05) is 17.4 Å². The number of sulfonamides is 1. The largest absolute Gasteiger partial charge is 0.398 e. The number of rotatable bonds is 7. The maximum Gasteiger partial charge on any atom is 0.242 e. The van der Waals surface area contributed by atoms with E-state index >= 15 is 0 Å². The number of halogens is 1. The number of primary amides is 1. The number of benzene rings is 1. The van der Waals surface area contributed by atoms with Crippen LogP contribution in [0, 0.1) is 0 Å². The van der Waals surface area contributed by atoms with Crippen molar-refractivity contribution >= 4 is 37.5 Å². The fourth-order valence-electron chi connectivity index (χ4n) is 1.47. The first-order valence-corrected chi connectivity index (χ1v) is 7.93. The number of nitrogens with one attached hydrogen (secondary N) is 1. The second-order valence-electron chi connectivity index (χ2n) is 4.00. The van der Waals surface area contributed by atoms with E-state index in [1.54, 1.807) is 6.07 Å². The molecule has 0 aromatic heterocycles.